The standard InChI is InChI=1S/C20H28O4/c1-12(11-21)13-4-6-16-14(8-13)5-7-17-19(16,2)9-15(22)10-20(17,3)18(23)24/h4,6,8,12,15,17,21-22H,5,7,9-11H2,1-3H3,(H,23,24). The number of aliphatic carboxylic acids is 1. The molecule has 4 nitrogen and oxygen atoms in total. The highest BCUT2D eigenvalue weighted by Crippen LogP contribution is 2.57. The molecule has 2 aliphatic carbocycles. The zero-order valence-electron chi connectivity index (χ0n) is 14.7. The first-order valence-electron chi connectivity index (χ1n) is 8.88. The van der Waals surface area contributed by atoms with Gasteiger partial charge in [-0.15, -0.1) is 0 Å². The fraction of sp³-hybridized carbons (Fsp3) is 0.650. The van der Waals surface area contributed by atoms with E-state index in [-0.39, 0.29) is 23.9 Å². The summed E-state index contributed by atoms with van der Waals surface area (Å²) in [6, 6.07) is 6.31. The molecule has 3 N–H and O–H groups in total. The van der Waals surface area contributed by atoms with Crippen LogP contribution in [0, 0.1) is 11.3 Å². The lowest BCUT2D eigenvalue weighted by atomic mass is 9.49. The van der Waals surface area contributed by atoms with E-state index in [0.717, 1.165) is 18.4 Å². The number of carbonyl (C=O) groups is 1. The van der Waals surface area contributed by atoms with E-state index in [2.05, 4.69) is 19.1 Å². The maximum Gasteiger partial charge on any atom is 0.309 e. The highest BCUT2D eigenvalue weighted by Gasteiger charge is 2.57. The molecule has 1 aromatic rings. The zero-order valence-corrected chi connectivity index (χ0v) is 14.7. The normalized spacial score (nSPS) is 36.5. The van der Waals surface area contributed by atoms with Gasteiger partial charge < -0.3 is 15.3 Å². The number of rotatable bonds is 3. The van der Waals surface area contributed by atoms with Crippen LogP contribution in [-0.4, -0.2) is 34.0 Å². The Morgan fingerprint density at radius 2 is 2.04 bits per heavy atom. The van der Waals surface area contributed by atoms with Crippen molar-refractivity contribution in [2.24, 2.45) is 11.3 Å². The van der Waals surface area contributed by atoms with Gasteiger partial charge in [0.05, 0.1) is 11.5 Å². The van der Waals surface area contributed by atoms with E-state index in [0.29, 0.717) is 12.8 Å². The fourth-order valence-corrected chi connectivity index (χ4v) is 5.30. The minimum atomic E-state index is -0.888. The number of carboxylic acids is 1. The van der Waals surface area contributed by atoms with Crippen LogP contribution in [0.15, 0.2) is 18.2 Å². The Morgan fingerprint density at radius 1 is 1.33 bits per heavy atom. The molecule has 4 heteroatoms. The molecule has 0 bridgehead atoms. The van der Waals surface area contributed by atoms with Gasteiger partial charge in [0.25, 0.3) is 0 Å². The molecule has 0 saturated heterocycles. The van der Waals surface area contributed by atoms with Crippen molar-refractivity contribution in [3.05, 3.63) is 34.9 Å². The van der Waals surface area contributed by atoms with Crippen molar-refractivity contribution in [2.75, 3.05) is 6.61 Å². The van der Waals surface area contributed by atoms with E-state index < -0.39 is 17.5 Å². The Labute approximate surface area is 143 Å². The second-order valence-electron chi connectivity index (χ2n) is 8.29. The second-order valence-corrected chi connectivity index (χ2v) is 8.29. The second kappa shape index (κ2) is 5.85. The van der Waals surface area contributed by atoms with Crippen molar-refractivity contribution in [3.8, 4) is 0 Å². The highest BCUT2D eigenvalue weighted by molar-refractivity contribution is 5.75. The number of fused-ring (bicyclic) bond motifs is 3. The first kappa shape index (κ1) is 17.4. The number of benzene rings is 1. The fourth-order valence-electron chi connectivity index (χ4n) is 5.30. The summed E-state index contributed by atoms with van der Waals surface area (Å²) in [6.07, 6.45) is 2.05. The molecule has 24 heavy (non-hydrogen) atoms. The smallest absolute Gasteiger partial charge is 0.309 e. The predicted molar refractivity (Wildman–Crippen MR) is 92.1 cm³/mol. The summed E-state index contributed by atoms with van der Waals surface area (Å²) in [6.45, 7) is 6.04. The zero-order chi connectivity index (χ0) is 17.7. The van der Waals surface area contributed by atoms with Crippen molar-refractivity contribution in [1.82, 2.24) is 0 Å². The number of hydrogen-bond donors (Lipinski definition) is 3. The number of aliphatic hydroxyl groups excluding tert-OH is 2. The molecule has 0 spiro atoms. The molecule has 132 valence electrons. The topological polar surface area (TPSA) is 77.8 Å². The quantitative estimate of drug-likeness (QED) is 0.795. The Balaban J connectivity index is 2.08. The van der Waals surface area contributed by atoms with Gasteiger partial charge in [-0.2, -0.15) is 0 Å². The van der Waals surface area contributed by atoms with Gasteiger partial charge >= 0.3 is 5.97 Å². The molecular formula is C20H28O4. The van der Waals surface area contributed by atoms with Crippen LogP contribution in [-0.2, 0) is 16.6 Å². The van der Waals surface area contributed by atoms with E-state index in [1.54, 1.807) is 6.92 Å². The molecule has 5 atom stereocenters. The van der Waals surface area contributed by atoms with Crippen molar-refractivity contribution in [2.45, 2.75) is 63.9 Å². The molecule has 1 aromatic carbocycles. The summed E-state index contributed by atoms with van der Waals surface area (Å²) in [4.78, 5) is 12.0. The van der Waals surface area contributed by atoms with Crippen LogP contribution in [0.3, 0.4) is 0 Å². The van der Waals surface area contributed by atoms with Crippen LogP contribution in [0.4, 0.5) is 0 Å². The molecule has 2 aliphatic rings. The largest absolute Gasteiger partial charge is 0.481 e. The van der Waals surface area contributed by atoms with E-state index in [4.69, 9.17) is 0 Å². The van der Waals surface area contributed by atoms with Crippen LogP contribution in [0.2, 0.25) is 0 Å². The van der Waals surface area contributed by atoms with E-state index in [9.17, 15) is 20.1 Å². The summed E-state index contributed by atoms with van der Waals surface area (Å²) in [7, 11) is 0. The van der Waals surface area contributed by atoms with Crippen LogP contribution in [0.1, 0.15) is 62.6 Å². The molecule has 3 rings (SSSR count). The van der Waals surface area contributed by atoms with Crippen LogP contribution < -0.4 is 0 Å². The third-order valence-corrected chi connectivity index (χ3v) is 6.64. The van der Waals surface area contributed by atoms with E-state index >= 15 is 0 Å². The Bertz CT molecular complexity index is 655. The minimum Gasteiger partial charge on any atom is -0.481 e. The summed E-state index contributed by atoms with van der Waals surface area (Å²) in [5, 5.41) is 29.6. The summed E-state index contributed by atoms with van der Waals surface area (Å²) in [5.41, 5.74) is 2.34. The van der Waals surface area contributed by atoms with Crippen LogP contribution in [0.5, 0.6) is 0 Å². The van der Waals surface area contributed by atoms with Crippen molar-refractivity contribution in [1.29, 1.82) is 0 Å². The number of aliphatic hydroxyl groups is 2. The number of hydrogen-bond acceptors (Lipinski definition) is 3. The Kier molecular flexibility index (Phi) is 4.25. The highest BCUT2D eigenvalue weighted by atomic mass is 16.4. The predicted octanol–water partition coefficient (Wildman–Crippen LogP) is 2.85. The maximum atomic E-state index is 12.0. The minimum absolute atomic E-state index is 0.0273. The molecule has 0 heterocycles. The molecule has 0 aromatic heterocycles. The van der Waals surface area contributed by atoms with Gasteiger partial charge in [-0.05, 0) is 60.6 Å². The lowest BCUT2D eigenvalue weighted by molar-refractivity contribution is -0.162. The summed E-state index contributed by atoms with van der Waals surface area (Å²) >= 11 is 0. The third-order valence-electron chi connectivity index (χ3n) is 6.64. The van der Waals surface area contributed by atoms with E-state index in [1.165, 1.54) is 11.1 Å². The SMILES string of the molecule is CC(CO)c1ccc2c(c1)CCC1C(C)(C(=O)O)CC(O)CC21C. The van der Waals surface area contributed by atoms with E-state index in [1.807, 2.05) is 13.0 Å². The van der Waals surface area contributed by atoms with Gasteiger partial charge in [-0.1, -0.05) is 32.0 Å². The molecule has 0 aliphatic heterocycles. The number of aryl methyl sites for hydroxylation is 1. The summed E-state index contributed by atoms with van der Waals surface area (Å²) in [5.74, 6) is -0.673. The van der Waals surface area contributed by atoms with Gasteiger partial charge in [-0.3, -0.25) is 4.79 Å². The maximum absolute atomic E-state index is 12.0. The average molecular weight is 332 g/mol. The van der Waals surface area contributed by atoms with Crippen molar-refractivity contribution in [3.63, 3.8) is 0 Å². The molecule has 1 fully saturated rings. The van der Waals surface area contributed by atoms with Crippen molar-refractivity contribution < 1.29 is 20.1 Å². The van der Waals surface area contributed by atoms with Gasteiger partial charge in [0.1, 0.15) is 0 Å². The van der Waals surface area contributed by atoms with Crippen molar-refractivity contribution >= 4 is 5.97 Å². The van der Waals surface area contributed by atoms with Crippen LogP contribution in [0.25, 0.3) is 0 Å². The first-order valence-corrected chi connectivity index (χ1v) is 8.88. The first-order chi connectivity index (χ1) is 11.2. The monoisotopic (exact) mass is 332 g/mol. The lowest BCUT2D eigenvalue weighted by Crippen LogP contribution is -2.56. The molecule has 0 amide bonds. The lowest BCUT2D eigenvalue weighted by Gasteiger charge is -2.55. The third kappa shape index (κ3) is 2.47. The molecular weight excluding hydrogens is 304 g/mol. The molecule has 5 unspecified atom stereocenters. The van der Waals surface area contributed by atoms with Gasteiger partial charge in [0.15, 0.2) is 0 Å². The Morgan fingerprint density at radius 3 is 2.67 bits per heavy atom. The van der Waals surface area contributed by atoms with Gasteiger partial charge in [0.2, 0.25) is 0 Å². The molecule has 0 radical (unpaired) electrons. The number of carboxylic acid groups (broad SMARTS) is 1. The average Bonchev–Trinajstić information content (AvgIpc) is 2.52. The summed E-state index contributed by atoms with van der Waals surface area (Å²) < 4.78 is 0. The van der Waals surface area contributed by atoms with Gasteiger partial charge in [0, 0.05) is 12.5 Å². The van der Waals surface area contributed by atoms with Crippen LogP contribution >= 0.6 is 0 Å². The Hall–Kier alpha value is -1.39. The molecule has 1 saturated carbocycles. The van der Waals surface area contributed by atoms with Gasteiger partial charge in [-0.25, -0.2) is 0 Å².